The molecule has 1 aliphatic rings. The summed E-state index contributed by atoms with van der Waals surface area (Å²) in [5, 5.41) is 14.5. The Kier molecular flexibility index (Phi) is 5.53. The summed E-state index contributed by atoms with van der Waals surface area (Å²) in [5.41, 5.74) is -0.208. The number of rotatable bonds is 6. The molecule has 0 radical (unpaired) electrons. The molecule has 26 heavy (non-hydrogen) atoms. The van der Waals surface area contributed by atoms with Gasteiger partial charge in [-0.25, -0.2) is 9.78 Å². The van der Waals surface area contributed by atoms with Crippen LogP contribution in [-0.2, 0) is 9.53 Å². The molecule has 0 spiro atoms. The number of nitrogens with zero attached hydrogens (tertiary/aromatic N) is 1. The van der Waals surface area contributed by atoms with Gasteiger partial charge in [0.15, 0.2) is 0 Å². The van der Waals surface area contributed by atoms with Crippen molar-refractivity contribution in [2.75, 3.05) is 19.8 Å². The van der Waals surface area contributed by atoms with Crippen molar-refractivity contribution < 1.29 is 24.2 Å². The van der Waals surface area contributed by atoms with Crippen LogP contribution in [-0.4, -0.2) is 47.3 Å². The van der Waals surface area contributed by atoms with E-state index in [-0.39, 0.29) is 18.5 Å². The van der Waals surface area contributed by atoms with Gasteiger partial charge in [-0.1, -0.05) is 0 Å². The van der Waals surface area contributed by atoms with Crippen LogP contribution in [0.2, 0.25) is 0 Å². The Hall–Kier alpha value is -2.45. The van der Waals surface area contributed by atoms with E-state index in [1.54, 1.807) is 5.38 Å². The topological polar surface area (TPSA) is 97.8 Å². The predicted molar refractivity (Wildman–Crippen MR) is 96.6 cm³/mol. The summed E-state index contributed by atoms with van der Waals surface area (Å²) < 4.78 is 10.6. The third-order valence-corrected chi connectivity index (χ3v) is 5.15. The second-order valence-corrected chi connectivity index (χ2v) is 6.81. The first-order valence-electron chi connectivity index (χ1n) is 8.36. The van der Waals surface area contributed by atoms with E-state index in [2.05, 4.69) is 10.3 Å². The number of nitrogens with one attached hydrogen (secondary N) is 1. The molecule has 3 rings (SSSR count). The van der Waals surface area contributed by atoms with Gasteiger partial charge in [0.1, 0.15) is 22.0 Å². The Morgan fingerprint density at radius 2 is 2.00 bits per heavy atom. The van der Waals surface area contributed by atoms with Gasteiger partial charge in [0.2, 0.25) is 0 Å². The van der Waals surface area contributed by atoms with E-state index >= 15 is 0 Å². The van der Waals surface area contributed by atoms with Crippen molar-refractivity contribution in [2.24, 2.45) is 0 Å². The normalized spacial score (nSPS) is 16.0. The molecule has 8 heteroatoms. The first kappa shape index (κ1) is 18.3. The summed E-state index contributed by atoms with van der Waals surface area (Å²) in [4.78, 5) is 28.5. The quantitative estimate of drug-likeness (QED) is 0.804. The molecule has 0 aliphatic carbocycles. The monoisotopic (exact) mass is 376 g/mol. The fourth-order valence-corrected chi connectivity index (χ4v) is 3.57. The van der Waals surface area contributed by atoms with Crippen LogP contribution >= 0.6 is 11.3 Å². The molecular weight excluding hydrogens is 356 g/mol. The lowest BCUT2D eigenvalue weighted by atomic mass is 9.90. The fraction of sp³-hybridized carbons (Fsp3) is 0.389. The van der Waals surface area contributed by atoms with Crippen LogP contribution in [0.3, 0.4) is 0 Å². The summed E-state index contributed by atoms with van der Waals surface area (Å²) >= 11 is 1.33. The predicted octanol–water partition coefficient (Wildman–Crippen LogP) is 2.57. The Morgan fingerprint density at radius 1 is 1.31 bits per heavy atom. The SMILES string of the molecule is CCOc1ccc(-c2nc(C(=O)NC3(C(=O)O)CCOCC3)cs2)cc1. The van der Waals surface area contributed by atoms with Crippen LogP contribution in [0, 0.1) is 0 Å². The van der Waals surface area contributed by atoms with E-state index in [9.17, 15) is 14.7 Å². The maximum absolute atomic E-state index is 12.5. The molecule has 7 nitrogen and oxygen atoms in total. The Labute approximate surface area is 155 Å². The number of thiazole rings is 1. The van der Waals surface area contributed by atoms with Crippen LogP contribution in [0.1, 0.15) is 30.3 Å². The number of hydrogen-bond acceptors (Lipinski definition) is 6. The lowest BCUT2D eigenvalue weighted by molar-refractivity contribution is -0.148. The highest BCUT2D eigenvalue weighted by Gasteiger charge is 2.42. The minimum atomic E-state index is -1.29. The van der Waals surface area contributed by atoms with Gasteiger partial charge >= 0.3 is 5.97 Å². The van der Waals surface area contributed by atoms with Gasteiger partial charge in [0, 0.05) is 37.0 Å². The number of carbonyl (C=O) groups excluding carboxylic acids is 1. The van der Waals surface area contributed by atoms with Crippen LogP contribution in [0.15, 0.2) is 29.6 Å². The third kappa shape index (κ3) is 3.86. The van der Waals surface area contributed by atoms with Crippen LogP contribution in [0.4, 0.5) is 0 Å². The molecule has 0 bridgehead atoms. The van der Waals surface area contributed by atoms with Crippen molar-refractivity contribution in [1.82, 2.24) is 10.3 Å². The second-order valence-electron chi connectivity index (χ2n) is 5.95. The first-order chi connectivity index (χ1) is 12.5. The van der Waals surface area contributed by atoms with E-state index in [0.29, 0.717) is 24.8 Å². The summed E-state index contributed by atoms with van der Waals surface area (Å²) in [6.07, 6.45) is 0.480. The number of hydrogen-bond donors (Lipinski definition) is 2. The van der Waals surface area contributed by atoms with Gasteiger partial charge < -0.3 is 19.9 Å². The number of ether oxygens (including phenoxy) is 2. The third-order valence-electron chi connectivity index (χ3n) is 4.26. The molecule has 2 aromatic rings. The standard InChI is InChI=1S/C18H20N2O5S/c1-2-25-13-5-3-12(4-6-13)16-19-14(11-26-16)15(21)20-18(17(22)23)7-9-24-10-8-18/h3-6,11H,2,7-10H2,1H3,(H,20,21)(H,22,23). The van der Waals surface area contributed by atoms with Gasteiger partial charge in [-0.05, 0) is 31.2 Å². The molecule has 1 aromatic heterocycles. The van der Waals surface area contributed by atoms with Crippen molar-refractivity contribution in [3.8, 4) is 16.3 Å². The van der Waals surface area contributed by atoms with Crippen LogP contribution in [0.25, 0.3) is 10.6 Å². The highest BCUT2D eigenvalue weighted by atomic mass is 32.1. The van der Waals surface area contributed by atoms with Crippen molar-refractivity contribution in [3.05, 3.63) is 35.3 Å². The minimum Gasteiger partial charge on any atom is -0.494 e. The van der Waals surface area contributed by atoms with Gasteiger partial charge in [-0.15, -0.1) is 11.3 Å². The van der Waals surface area contributed by atoms with Gasteiger partial charge in [-0.2, -0.15) is 0 Å². The highest BCUT2D eigenvalue weighted by molar-refractivity contribution is 7.13. The lowest BCUT2D eigenvalue weighted by Crippen LogP contribution is -2.57. The summed E-state index contributed by atoms with van der Waals surface area (Å²) in [7, 11) is 0. The molecule has 1 saturated heterocycles. The summed E-state index contributed by atoms with van der Waals surface area (Å²) in [6, 6.07) is 7.45. The lowest BCUT2D eigenvalue weighted by Gasteiger charge is -2.33. The molecule has 2 heterocycles. The first-order valence-corrected chi connectivity index (χ1v) is 9.24. The number of aliphatic carboxylic acids is 1. The fourth-order valence-electron chi connectivity index (χ4n) is 2.76. The smallest absolute Gasteiger partial charge is 0.329 e. The molecular formula is C18H20N2O5S. The maximum Gasteiger partial charge on any atom is 0.329 e. The molecule has 1 aromatic carbocycles. The highest BCUT2D eigenvalue weighted by Crippen LogP contribution is 2.27. The summed E-state index contributed by atoms with van der Waals surface area (Å²) in [6.45, 7) is 3.13. The van der Waals surface area contributed by atoms with E-state index in [1.807, 2.05) is 31.2 Å². The van der Waals surface area contributed by atoms with E-state index < -0.39 is 17.4 Å². The molecule has 0 unspecified atom stereocenters. The van der Waals surface area contributed by atoms with Crippen molar-refractivity contribution >= 4 is 23.2 Å². The molecule has 1 aliphatic heterocycles. The zero-order valence-electron chi connectivity index (χ0n) is 14.4. The zero-order valence-corrected chi connectivity index (χ0v) is 15.2. The van der Waals surface area contributed by atoms with E-state index in [4.69, 9.17) is 9.47 Å². The Morgan fingerprint density at radius 3 is 2.62 bits per heavy atom. The molecule has 2 N–H and O–H groups in total. The van der Waals surface area contributed by atoms with E-state index in [0.717, 1.165) is 11.3 Å². The molecule has 138 valence electrons. The van der Waals surface area contributed by atoms with Gasteiger partial charge in [-0.3, -0.25) is 4.79 Å². The number of carbonyl (C=O) groups is 2. The van der Waals surface area contributed by atoms with Crippen LogP contribution < -0.4 is 10.1 Å². The largest absolute Gasteiger partial charge is 0.494 e. The number of aromatic nitrogens is 1. The second kappa shape index (κ2) is 7.84. The zero-order chi connectivity index (χ0) is 18.6. The number of carboxylic acids is 1. The molecule has 0 atom stereocenters. The molecule has 1 amide bonds. The van der Waals surface area contributed by atoms with Gasteiger partial charge in [0.05, 0.1) is 6.61 Å². The Balaban J connectivity index is 1.74. The van der Waals surface area contributed by atoms with Crippen molar-refractivity contribution in [2.45, 2.75) is 25.3 Å². The average molecular weight is 376 g/mol. The number of carboxylic acid groups (broad SMARTS) is 1. The average Bonchev–Trinajstić information content (AvgIpc) is 3.13. The van der Waals surface area contributed by atoms with Crippen LogP contribution in [0.5, 0.6) is 5.75 Å². The maximum atomic E-state index is 12.5. The number of benzene rings is 1. The molecule has 1 fully saturated rings. The van der Waals surface area contributed by atoms with E-state index in [1.165, 1.54) is 11.3 Å². The molecule has 0 saturated carbocycles. The summed E-state index contributed by atoms with van der Waals surface area (Å²) in [5.74, 6) is -0.757. The Bertz CT molecular complexity index is 781. The number of amides is 1. The van der Waals surface area contributed by atoms with Crippen molar-refractivity contribution in [1.29, 1.82) is 0 Å². The van der Waals surface area contributed by atoms with Crippen molar-refractivity contribution in [3.63, 3.8) is 0 Å². The van der Waals surface area contributed by atoms with Gasteiger partial charge in [0.25, 0.3) is 5.91 Å². The minimum absolute atomic E-state index is 0.214.